The molecule has 0 spiro atoms. The van der Waals surface area contributed by atoms with Gasteiger partial charge < -0.3 is 14.8 Å². The molecular formula is C18H27NO2. The van der Waals surface area contributed by atoms with E-state index < -0.39 is 0 Å². The zero-order chi connectivity index (χ0) is 14.5. The fraction of sp³-hybridized carbons (Fsp3) is 0.667. The molecule has 1 aromatic carbocycles. The maximum Gasteiger partial charge on any atom is 0.119 e. The van der Waals surface area contributed by atoms with E-state index in [4.69, 9.17) is 9.47 Å². The Balaban J connectivity index is 1.62. The number of aryl methyl sites for hydroxylation is 1. The third-order valence-electron chi connectivity index (χ3n) is 4.58. The van der Waals surface area contributed by atoms with Crippen molar-refractivity contribution in [2.45, 2.75) is 45.1 Å². The maximum absolute atomic E-state index is 5.97. The highest BCUT2D eigenvalue weighted by atomic mass is 16.5. The molecule has 1 N–H and O–H groups in total. The van der Waals surface area contributed by atoms with Crippen LogP contribution in [0.25, 0.3) is 0 Å². The lowest BCUT2D eigenvalue weighted by atomic mass is 9.87. The van der Waals surface area contributed by atoms with Crippen LogP contribution in [0.4, 0.5) is 0 Å². The highest BCUT2D eigenvalue weighted by Gasteiger charge is 2.20. The molecule has 0 saturated carbocycles. The molecule has 2 atom stereocenters. The Morgan fingerprint density at radius 2 is 2.29 bits per heavy atom. The summed E-state index contributed by atoms with van der Waals surface area (Å²) in [6.07, 6.45) is 6.04. The Kier molecular flexibility index (Phi) is 5.15. The van der Waals surface area contributed by atoms with E-state index in [1.165, 1.54) is 36.8 Å². The van der Waals surface area contributed by atoms with Crippen molar-refractivity contribution in [3.8, 4) is 5.75 Å². The predicted octanol–water partition coefficient (Wildman–Crippen LogP) is 3.48. The fourth-order valence-corrected chi connectivity index (χ4v) is 3.34. The molecule has 116 valence electrons. The van der Waals surface area contributed by atoms with Crippen molar-refractivity contribution in [1.29, 1.82) is 0 Å². The molecule has 1 saturated heterocycles. The second-order valence-corrected chi connectivity index (χ2v) is 6.30. The average molecular weight is 289 g/mol. The molecule has 1 heterocycles. The van der Waals surface area contributed by atoms with Crippen molar-refractivity contribution in [2.75, 3.05) is 26.4 Å². The van der Waals surface area contributed by atoms with Crippen LogP contribution in [0.1, 0.15) is 49.8 Å². The van der Waals surface area contributed by atoms with Gasteiger partial charge in [0.2, 0.25) is 0 Å². The molecule has 1 fully saturated rings. The molecule has 0 amide bonds. The number of fused-ring (bicyclic) bond motifs is 1. The van der Waals surface area contributed by atoms with Gasteiger partial charge in [0.1, 0.15) is 5.75 Å². The summed E-state index contributed by atoms with van der Waals surface area (Å²) in [5, 5.41) is 3.67. The van der Waals surface area contributed by atoms with Gasteiger partial charge in [-0.1, -0.05) is 13.0 Å². The zero-order valence-electron chi connectivity index (χ0n) is 13.1. The van der Waals surface area contributed by atoms with Crippen LogP contribution in [0.5, 0.6) is 5.75 Å². The Labute approximate surface area is 128 Å². The smallest absolute Gasteiger partial charge is 0.119 e. The first-order chi connectivity index (χ1) is 10.4. The van der Waals surface area contributed by atoms with Crippen LogP contribution in [0.15, 0.2) is 18.2 Å². The van der Waals surface area contributed by atoms with Crippen molar-refractivity contribution in [1.82, 2.24) is 5.32 Å². The van der Waals surface area contributed by atoms with E-state index >= 15 is 0 Å². The van der Waals surface area contributed by atoms with E-state index in [1.54, 1.807) is 0 Å². The largest absolute Gasteiger partial charge is 0.493 e. The summed E-state index contributed by atoms with van der Waals surface area (Å²) >= 11 is 0. The minimum absolute atomic E-state index is 0.533. The summed E-state index contributed by atoms with van der Waals surface area (Å²) < 4.78 is 11.4. The topological polar surface area (TPSA) is 30.5 Å². The first-order valence-electron chi connectivity index (χ1n) is 8.43. The molecule has 21 heavy (non-hydrogen) atoms. The van der Waals surface area contributed by atoms with E-state index in [1.807, 2.05) is 0 Å². The third-order valence-corrected chi connectivity index (χ3v) is 4.58. The lowest BCUT2D eigenvalue weighted by Crippen LogP contribution is -2.25. The molecule has 3 rings (SSSR count). The van der Waals surface area contributed by atoms with E-state index in [-0.39, 0.29) is 0 Å². The van der Waals surface area contributed by atoms with Crippen LogP contribution in [0, 0.1) is 5.92 Å². The normalized spacial score (nSPS) is 24.8. The van der Waals surface area contributed by atoms with Crippen molar-refractivity contribution >= 4 is 0 Å². The molecule has 3 heteroatoms. The number of hydrogen-bond donors (Lipinski definition) is 1. The predicted molar refractivity (Wildman–Crippen MR) is 84.8 cm³/mol. The Bertz CT molecular complexity index is 455. The number of nitrogens with one attached hydrogen (secondary N) is 1. The molecule has 3 nitrogen and oxygen atoms in total. The van der Waals surface area contributed by atoms with E-state index in [0.29, 0.717) is 12.0 Å². The van der Waals surface area contributed by atoms with Crippen molar-refractivity contribution < 1.29 is 9.47 Å². The van der Waals surface area contributed by atoms with Gasteiger partial charge in [0.25, 0.3) is 0 Å². The van der Waals surface area contributed by atoms with Gasteiger partial charge in [-0.15, -0.1) is 0 Å². The number of ether oxygens (including phenoxy) is 2. The number of benzene rings is 1. The maximum atomic E-state index is 5.97. The van der Waals surface area contributed by atoms with Gasteiger partial charge in [0, 0.05) is 18.6 Å². The summed E-state index contributed by atoms with van der Waals surface area (Å²) in [4.78, 5) is 0. The summed E-state index contributed by atoms with van der Waals surface area (Å²) in [7, 11) is 0. The van der Waals surface area contributed by atoms with Crippen LogP contribution in [0.2, 0.25) is 0 Å². The fourth-order valence-electron chi connectivity index (χ4n) is 3.34. The van der Waals surface area contributed by atoms with Crippen LogP contribution in [-0.2, 0) is 11.2 Å². The SMILES string of the molecule is CCCNC1CCCc2cc(OCC3CCOC3)ccc21. The number of rotatable bonds is 6. The first kappa shape index (κ1) is 14.9. The lowest BCUT2D eigenvalue weighted by Gasteiger charge is -2.27. The average Bonchev–Trinajstić information content (AvgIpc) is 3.04. The molecule has 0 aromatic heterocycles. The van der Waals surface area contributed by atoms with Crippen molar-refractivity contribution in [3.63, 3.8) is 0 Å². The highest BCUT2D eigenvalue weighted by Crippen LogP contribution is 2.32. The highest BCUT2D eigenvalue weighted by molar-refractivity contribution is 5.39. The molecule has 1 aromatic rings. The summed E-state index contributed by atoms with van der Waals surface area (Å²) in [6.45, 7) is 5.86. The van der Waals surface area contributed by atoms with E-state index in [0.717, 1.165) is 38.5 Å². The van der Waals surface area contributed by atoms with Gasteiger partial charge in [-0.05, 0) is 61.9 Å². The van der Waals surface area contributed by atoms with E-state index in [9.17, 15) is 0 Å². The molecular weight excluding hydrogens is 262 g/mol. The molecule has 2 unspecified atom stereocenters. The molecule has 0 radical (unpaired) electrons. The molecule has 1 aliphatic carbocycles. The summed E-state index contributed by atoms with van der Waals surface area (Å²) in [5.41, 5.74) is 2.95. The van der Waals surface area contributed by atoms with Crippen molar-refractivity contribution in [2.24, 2.45) is 5.92 Å². The van der Waals surface area contributed by atoms with Gasteiger partial charge in [0.15, 0.2) is 0 Å². The molecule has 2 aliphatic rings. The second kappa shape index (κ2) is 7.28. The van der Waals surface area contributed by atoms with Gasteiger partial charge in [0.05, 0.1) is 13.2 Å². The van der Waals surface area contributed by atoms with Crippen molar-refractivity contribution in [3.05, 3.63) is 29.3 Å². The van der Waals surface area contributed by atoms with Gasteiger partial charge in [-0.25, -0.2) is 0 Å². The van der Waals surface area contributed by atoms with Crippen LogP contribution < -0.4 is 10.1 Å². The molecule has 1 aliphatic heterocycles. The summed E-state index contributed by atoms with van der Waals surface area (Å²) in [6, 6.07) is 7.19. The Morgan fingerprint density at radius 1 is 1.33 bits per heavy atom. The minimum atomic E-state index is 0.533. The second-order valence-electron chi connectivity index (χ2n) is 6.30. The van der Waals surface area contributed by atoms with Crippen LogP contribution in [-0.4, -0.2) is 26.4 Å². The van der Waals surface area contributed by atoms with Gasteiger partial charge in [-0.3, -0.25) is 0 Å². The minimum Gasteiger partial charge on any atom is -0.493 e. The monoisotopic (exact) mass is 289 g/mol. The lowest BCUT2D eigenvalue weighted by molar-refractivity contribution is 0.167. The standard InChI is InChI=1S/C18H27NO2/c1-2-9-19-18-5-3-4-15-11-16(6-7-17(15)18)21-13-14-8-10-20-12-14/h6-7,11,14,18-19H,2-5,8-10,12-13H2,1H3. The van der Waals surface area contributed by atoms with E-state index in [2.05, 4.69) is 30.4 Å². The van der Waals surface area contributed by atoms with Gasteiger partial charge in [-0.2, -0.15) is 0 Å². The Morgan fingerprint density at radius 3 is 3.10 bits per heavy atom. The summed E-state index contributed by atoms with van der Waals surface area (Å²) in [5.74, 6) is 1.59. The molecule has 0 bridgehead atoms. The van der Waals surface area contributed by atoms with Crippen LogP contribution >= 0.6 is 0 Å². The number of hydrogen-bond acceptors (Lipinski definition) is 3. The zero-order valence-corrected chi connectivity index (χ0v) is 13.1. The van der Waals surface area contributed by atoms with Crippen LogP contribution in [0.3, 0.4) is 0 Å². The quantitative estimate of drug-likeness (QED) is 0.869. The first-order valence-corrected chi connectivity index (χ1v) is 8.43. The third kappa shape index (κ3) is 3.78. The van der Waals surface area contributed by atoms with Gasteiger partial charge >= 0.3 is 0 Å². The Hall–Kier alpha value is -1.06.